The van der Waals surface area contributed by atoms with Crippen LogP contribution in [0.5, 0.6) is 0 Å². The van der Waals surface area contributed by atoms with Gasteiger partial charge in [0.2, 0.25) is 0 Å². The molecule has 110 valence electrons. The van der Waals surface area contributed by atoms with Gasteiger partial charge in [0.1, 0.15) is 5.82 Å². The second-order valence-corrected chi connectivity index (χ2v) is 5.71. The first-order chi connectivity index (χ1) is 10.2. The summed E-state index contributed by atoms with van der Waals surface area (Å²) in [5.41, 5.74) is 4.73. The van der Waals surface area contributed by atoms with Crippen LogP contribution in [0, 0.1) is 6.92 Å². The maximum Gasteiger partial charge on any atom is 0.111 e. The van der Waals surface area contributed by atoms with Crippen LogP contribution in [0.3, 0.4) is 0 Å². The number of fused-ring (bicyclic) bond motifs is 1. The fourth-order valence-corrected chi connectivity index (χ4v) is 2.87. The number of alkyl halides is 1. The van der Waals surface area contributed by atoms with Crippen LogP contribution in [0.15, 0.2) is 30.6 Å². The lowest BCUT2D eigenvalue weighted by Gasteiger charge is -2.07. The molecule has 3 rings (SSSR count). The van der Waals surface area contributed by atoms with Crippen LogP contribution in [0.25, 0.3) is 11.0 Å². The maximum atomic E-state index is 5.93. The first-order valence-electron chi connectivity index (χ1n) is 7.17. The number of nitrogens with zero attached hydrogens (tertiary/aromatic N) is 4. The number of rotatable bonds is 5. The average Bonchev–Trinajstić information content (AvgIpc) is 3.02. The Morgan fingerprint density at radius 1 is 1.24 bits per heavy atom. The summed E-state index contributed by atoms with van der Waals surface area (Å²) in [6, 6.07) is 6.33. The van der Waals surface area contributed by atoms with E-state index >= 15 is 0 Å². The number of hydrogen-bond acceptors (Lipinski definition) is 2. The Morgan fingerprint density at radius 3 is 2.81 bits per heavy atom. The fourth-order valence-electron chi connectivity index (χ4n) is 2.70. The van der Waals surface area contributed by atoms with Crippen LogP contribution in [-0.4, -0.2) is 25.2 Å². The van der Waals surface area contributed by atoms with E-state index in [-0.39, 0.29) is 0 Å². The molecule has 4 nitrogen and oxygen atoms in total. The summed E-state index contributed by atoms with van der Waals surface area (Å²) in [4.78, 5) is 4.78. The SMILES string of the molecule is Cc1cccc2c1nc(CCCl)n2CCc1cnn(C)c1. The zero-order valence-electron chi connectivity index (χ0n) is 12.4. The largest absolute Gasteiger partial charge is 0.328 e. The van der Waals surface area contributed by atoms with Crippen molar-refractivity contribution in [1.82, 2.24) is 19.3 Å². The van der Waals surface area contributed by atoms with Gasteiger partial charge in [0.25, 0.3) is 0 Å². The smallest absolute Gasteiger partial charge is 0.111 e. The lowest BCUT2D eigenvalue weighted by atomic mass is 10.2. The van der Waals surface area contributed by atoms with E-state index in [4.69, 9.17) is 16.6 Å². The van der Waals surface area contributed by atoms with Gasteiger partial charge in [0.15, 0.2) is 0 Å². The molecule has 0 amide bonds. The molecule has 5 heteroatoms. The van der Waals surface area contributed by atoms with E-state index in [9.17, 15) is 0 Å². The molecule has 1 aromatic carbocycles. The Morgan fingerprint density at radius 2 is 2.10 bits per heavy atom. The van der Waals surface area contributed by atoms with E-state index in [1.54, 1.807) is 0 Å². The Hall–Kier alpha value is -1.81. The second kappa shape index (κ2) is 5.90. The molecule has 3 aromatic rings. The van der Waals surface area contributed by atoms with Gasteiger partial charge in [-0.05, 0) is 30.5 Å². The van der Waals surface area contributed by atoms with Gasteiger partial charge in [-0.15, -0.1) is 11.6 Å². The molecule has 0 saturated heterocycles. The third-order valence-electron chi connectivity index (χ3n) is 3.76. The number of benzene rings is 1. The van der Waals surface area contributed by atoms with E-state index < -0.39 is 0 Å². The van der Waals surface area contributed by atoms with Crippen molar-refractivity contribution >= 4 is 22.6 Å². The van der Waals surface area contributed by atoms with Crippen molar-refractivity contribution in [3.05, 3.63) is 47.5 Å². The lowest BCUT2D eigenvalue weighted by molar-refractivity contribution is 0.674. The topological polar surface area (TPSA) is 35.6 Å². The molecule has 0 bridgehead atoms. The zero-order chi connectivity index (χ0) is 14.8. The Bertz CT molecular complexity index is 757. The lowest BCUT2D eigenvalue weighted by Crippen LogP contribution is -2.06. The summed E-state index contributed by atoms with van der Waals surface area (Å²) in [6.45, 7) is 3.00. The molecule has 0 radical (unpaired) electrons. The molecule has 0 aliphatic rings. The van der Waals surface area contributed by atoms with Gasteiger partial charge in [0.05, 0.1) is 17.2 Å². The number of imidazole rings is 1. The number of aryl methyl sites for hydroxylation is 5. The number of para-hydroxylation sites is 1. The summed E-state index contributed by atoms with van der Waals surface area (Å²) in [5.74, 6) is 1.66. The van der Waals surface area contributed by atoms with E-state index in [1.807, 2.05) is 17.9 Å². The molecule has 0 atom stereocenters. The Kier molecular flexibility index (Phi) is 3.97. The zero-order valence-corrected chi connectivity index (χ0v) is 13.1. The summed E-state index contributed by atoms with van der Waals surface area (Å²) in [6.07, 6.45) is 5.72. The highest BCUT2D eigenvalue weighted by Crippen LogP contribution is 2.21. The third-order valence-corrected chi connectivity index (χ3v) is 3.95. The van der Waals surface area contributed by atoms with Gasteiger partial charge in [-0.3, -0.25) is 4.68 Å². The third kappa shape index (κ3) is 2.81. The minimum Gasteiger partial charge on any atom is -0.328 e. The van der Waals surface area contributed by atoms with E-state index in [0.717, 1.165) is 30.7 Å². The standard InChI is InChI=1S/C16H19ClN4/c1-12-4-3-5-14-16(12)19-15(6-8-17)21(14)9-7-13-10-18-20(2)11-13/h3-5,10-11H,6-9H2,1-2H3. The van der Waals surface area contributed by atoms with Crippen LogP contribution < -0.4 is 0 Å². The number of aromatic nitrogens is 4. The van der Waals surface area contributed by atoms with Crippen molar-refractivity contribution in [3.63, 3.8) is 0 Å². The molecule has 0 unspecified atom stereocenters. The molecule has 0 fully saturated rings. The van der Waals surface area contributed by atoms with Crippen LogP contribution in [-0.2, 0) is 26.4 Å². The molecule has 0 spiro atoms. The second-order valence-electron chi connectivity index (χ2n) is 5.33. The molecular formula is C16H19ClN4. The Balaban J connectivity index is 1.95. The van der Waals surface area contributed by atoms with Crippen molar-refractivity contribution in [3.8, 4) is 0 Å². The summed E-state index contributed by atoms with van der Waals surface area (Å²) in [7, 11) is 1.94. The highest BCUT2D eigenvalue weighted by Gasteiger charge is 2.12. The van der Waals surface area contributed by atoms with E-state index in [2.05, 4.69) is 41.0 Å². The summed E-state index contributed by atoms with van der Waals surface area (Å²) in [5, 5.41) is 4.22. The molecule has 2 aromatic heterocycles. The average molecular weight is 303 g/mol. The maximum absolute atomic E-state index is 5.93. The quantitative estimate of drug-likeness (QED) is 0.679. The first kappa shape index (κ1) is 14.1. The normalized spacial score (nSPS) is 11.4. The predicted molar refractivity (Wildman–Crippen MR) is 85.8 cm³/mol. The molecule has 0 aliphatic heterocycles. The van der Waals surface area contributed by atoms with Crippen LogP contribution >= 0.6 is 11.6 Å². The van der Waals surface area contributed by atoms with Gasteiger partial charge >= 0.3 is 0 Å². The monoisotopic (exact) mass is 302 g/mol. The van der Waals surface area contributed by atoms with Crippen molar-refractivity contribution in [2.45, 2.75) is 26.3 Å². The van der Waals surface area contributed by atoms with Crippen molar-refractivity contribution < 1.29 is 0 Å². The molecular weight excluding hydrogens is 284 g/mol. The van der Waals surface area contributed by atoms with Crippen molar-refractivity contribution in [2.24, 2.45) is 7.05 Å². The first-order valence-corrected chi connectivity index (χ1v) is 7.70. The van der Waals surface area contributed by atoms with Gasteiger partial charge in [-0.25, -0.2) is 4.98 Å². The summed E-state index contributed by atoms with van der Waals surface area (Å²) < 4.78 is 4.13. The molecule has 2 heterocycles. The molecule has 0 saturated carbocycles. The fraction of sp³-hybridized carbons (Fsp3) is 0.375. The van der Waals surface area contributed by atoms with Crippen LogP contribution in [0.1, 0.15) is 17.0 Å². The van der Waals surface area contributed by atoms with Gasteiger partial charge in [-0.2, -0.15) is 5.10 Å². The molecule has 0 aliphatic carbocycles. The van der Waals surface area contributed by atoms with E-state index in [1.165, 1.54) is 16.6 Å². The summed E-state index contributed by atoms with van der Waals surface area (Å²) >= 11 is 5.93. The predicted octanol–water partition coefficient (Wildman–Crippen LogP) is 3.10. The van der Waals surface area contributed by atoms with Crippen molar-refractivity contribution in [1.29, 1.82) is 0 Å². The van der Waals surface area contributed by atoms with Gasteiger partial charge in [0, 0.05) is 32.1 Å². The molecule has 0 N–H and O–H groups in total. The van der Waals surface area contributed by atoms with Crippen molar-refractivity contribution in [2.75, 3.05) is 5.88 Å². The highest BCUT2D eigenvalue weighted by atomic mass is 35.5. The number of hydrogen-bond donors (Lipinski definition) is 0. The number of halogens is 1. The Labute approximate surface area is 129 Å². The van der Waals surface area contributed by atoms with Crippen LogP contribution in [0.2, 0.25) is 0 Å². The van der Waals surface area contributed by atoms with Crippen LogP contribution in [0.4, 0.5) is 0 Å². The van der Waals surface area contributed by atoms with E-state index in [0.29, 0.717) is 5.88 Å². The minimum absolute atomic E-state index is 0.593. The van der Waals surface area contributed by atoms with Gasteiger partial charge in [-0.1, -0.05) is 12.1 Å². The molecule has 21 heavy (non-hydrogen) atoms. The minimum atomic E-state index is 0.593. The highest BCUT2D eigenvalue weighted by molar-refractivity contribution is 6.17. The van der Waals surface area contributed by atoms with Gasteiger partial charge < -0.3 is 4.57 Å².